The van der Waals surface area contributed by atoms with Gasteiger partial charge in [0.05, 0.1) is 18.0 Å². The molecular formula is C13H9N3O2. The second kappa shape index (κ2) is 3.96. The number of rotatable bonds is 2. The van der Waals surface area contributed by atoms with Gasteiger partial charge in [0.15, 0.2) is 0 Å². The number of carboxylic acids is 1. The lowest BCUT2D eigenvalue weighted by molar-refractivity contribution is 0.0697. The number of fused-ring (bicyclic) bond motifs is 1. The van der Waals surface area contributed by atoms with Gasteiger partial charge in [-0.15, -0.1) is 0 Å². The van der Waals surface area contributed by atoms with Gasteiger partial charge in [0.1, 0.15) is 0 Å². The van der Waals surface area contributed by atoms with Crippen molar-refractivity contribution in [3.63, 3.8) is 0 Å². The lowest BCUT2D eigenvalue weighted by atomic mass is 10.1. The molecule has 0 spiro atoms. The summed E-state index contributed by atoms with van der Waals surface area (Å²) in [6.45, 7) is 0. The summed E-state index contributed by atoms with van der Waals surface area (Å²) in [7, 11) is 0. The van der Waals surface area contributed by atoms with Crippen molar-refractivity contribution in [2.75, 3.05) is 0 Å². The predicted molar refractivity (Wildman–Crippen MR) is 66.3 cm³/mol. The summed E-state index contributed by atoms with van der Waals surface area (Å²) in [5.41, 5.74) is 2.36. The smallest absolute Gasteiger partial charge is 0.338 e. The minimum absolute atomic E-state index is 0.136. The number of hydrogen-bond acceptors (Lipinski definition) is 3. The summed E-state index contributed by atoms with van der Waals surface area (Å²) in [6, 6.07) is 9.66. The fraction of sp³-hybridized carbons (Fsp3) is 0. The van der Waals surface area contributed by atoms with Crippen molar-refractivity contribution in [2.45, 2.75) is 0 Å². The highest BCUT2D eigenvalue weighted by Gasteiger charge is 2.13. The molecule has 0 amide bonds. The first-order valence-corrected chi connectivity index (χ1v) is 5.38. The summed E-state index contributed by atoms with van der Waals surface area (Å²) in [5.74, 6) is -1.02. The monoisotopic (exact) mass is 239 g/mol. The van der Waals surface area contributed by atoms with Crippen molar-refractivity contribution in [1.82, 2.24) is 15.2 Å². The van der Waals surface area contributed by atoms with Gasteiger partial charge >= 0.3 is 5.97 Å². The molecule has 0 fully saturated rings. The van der Waals surface area contributed by atoms with E-state index in [9.17, 15) is 4.79 Å². The van der Waals surface area contributed by atoms with Crippen LogP contribution in [0.1, 0.15) is 10.4 Å². The summed E-state index contributed by atoms with van der Waals surface area (Å²) in [5, 5.41) is 17.5. The average Bonchev–Trinajstić information content (AvgIpc) is 2.82. The van der Waals surface area contributed by atoms with Crippen molar-refractivity contribution in [3.05, 3.63) is 48.3 Å². The molecule has 0 atom stereocenters. The minimum atomic E-state index is -1.02. The Bertz CT molecular complexity index is 701. The number of carbonyl (C=O) groups is 1. The number of para-hydroxylation sites is 1. The molecule has 0 bridgehead atoms. The zero-order valence-electron chi connectivity index (χ0n) is 9.29. The molecule has 0 aliphatic carbocycles. The van der Waals surface area contributed by atoms with Crippen LogP contribution in [0.4, 0.5) is 0 Å². The summed E-state index contributed by atoms with van der Waals surface area (Å²) in [4.78, 5) is 14.3. The molecule has 0 unspecified atom stereocenters. The molecule has 3 rings (SSSR count). The van der Waals surface area contributed by atoms with Crippen LogP contribution in [0.2, 0.25) is 0 Å². The molecule has 2 N–H and O–H groups in total. The van der Waals surface area contributed by atoms with E-state index in [1.807, 2.05) is 30.3 Å². The molecule has 2 aromatic heterocycles. The Balaban J connectivity index is 2.23. The van der Waals surface area contributed by atoms with E-state index in [-0.39, 0.29) is 5.56 Å². The zero-order chi connectivity index (χ0) is 12.5. The van der Waals surface area contributed by atoms with Crippen molar-refractivity contribution in [1.29, 1.82) is 0 Å². The maximum absolute atomic E-state index is 11.1. The Morgan fingerprint density at radius 2 is 1.94 bits per heavy atom. The average molecular weight is 239 g/mol. The summed E-state index contributed by atoms with van der Waals surface area (Å²) in [6.07, 6.45) is 2.71. The van der Waals surface area contributed by atoms with Crippen LogP contribution in [0.3, 0.4) is 0 Å². The molecule has 18 heavy (non-hydrogen) atoms. The summed E-state index contributed by atoms with van der Waals surface area (Å²) < 4.78 is 0. The van der Waals surface area contributed by atoms with Gasteiger partial charge in [0, 0.05) is 22.2 Å². The second-order valence-electron chi connectivity index (χ2n) is 3.89. The first-order valence-electron chi connectivity index (χ1n) is 5.38. The van der Waals surface area contributed by atoms with Crippen LogP contribution in [0.25, 0.3) is 22.2 Å². The van der Waals surface area contributed by atoms with Gasteiger partial charge in [-0.05, 0) is 12.1 Å². The first-order chi connectivity index (χ1) is 8.75. The number of aromatic nitrogens is 3. The van der Waals surface area contributed by atoms with Gasteiger partial charge in [-0.25, -0.2) is 4.79 Å². The fourth-order valence-corrected chi connectivity index (χ4v) is 1.92. The quantitative estimate of drug-likeness (QED) is 0.719. The molecule has 0 radical (unpaired) electrons. The third-order valence-corrected chi connectivity index (χ3v) is 2.78. The lowest BCUT2D eigenvalue weighted by Gasteiger charge is -2.01. The van der Waals surface area contributed by atoms with Gasteiger partial charge in [0.25, 0.3) is 0 Å². The zero-order valence-corrected chi connectivity index (χ0v) is 9.29. The number of nitrogens with one attached hydrogen (secondary N) is 1. The molecule has 2 heterocycles. The standard InChI is InChI=1S/C13H9N3O2/c17-13(18)10-7-15-14-6-9(10)12-5-8-3-1-2-4-11(8)16-12/h1-7,16H,(H,17,18). The van der Waals surface area contributed by atoms with Crippen LogP contribution in [0, 0.1) is 0 Å². The van der Waals surface area contributed by atoms with E-state index in [1.54, 1.807) is 0 Å². The molecule has 1 aromatic carbocycles. The Hall–Kier alpha value is -2.69. The highest BCUT2D eigenvalue weighted by atomic mass is 16.4. The number of aromatic carboxylic acids is 1. The van der Waals surface area contributed by atoms with Crippen molar-refractivity contribution >= 4 is 16.9 Å². The highest BCUT2D eigenvalue weighted by Crippen LogP contribution is 2.25. The van der Waals surface area contributed by atoms with E-state index in [4.69, 9.17) is 5.11 Å². The van der Waals surface area contributed by atoms with Crippen LogP contribution in [-0.2, 0) is 0 Å². The Morgan fingerprint density at radius 1 is 1.17 bits per heavy atom. The van der Waals surface area contributed by atoms with E-state index in [0.29, 0.717) is 5.56 Å². The number of nitrogens with zero attached hydrogens (tertiary/aromatic N) is 2. The number of carboxylic acid groups (broad SMARTS) is 1. The first kappa shape index (κ1) is 10.5. The van der Waals surface area contributed by atoms with Gasteiger partial charge in [-0.3, -0.25) is 0 Å². The predicted octanol–water partition coefficient (Wildman–Crippen LogP) is 2.32. The number of aromatic amines is 1. The SMILES string of the molecule is O=C(O)c1cnncc1-c1cc2ccccc2[nH]1. The van der Waals surface area contributed by atoms with E-state index in [2.05, 4.69) is 15.2 Å². The van der Waals surface area contributed by atoms with E-state index >= 15 is 0 Å². The Labute approximate surface area is 102 Å². The third kappa shape index (κ3) is 1.62. The van der Waals surface area contributed by atoms with Gasteiger partial charge in [-0.2, -0.15) is 10.2 Å². The van der Waals surface area contributed by atoms with Crippen LogP contribution in [0.15, 0.2) is 42.7 Å². The van der Waals surface area contributed by atoms with E-state index in [1.165, 1.54) is 12.4 Å². The molecule has 5 heteroatoms. The Morgan fingerprint density at radius 3 is 2.72 bits per heavy atom. The minimum Gasteiger partial charge on any atom is -0.478 e. The van der Waals surface area contributed by atoms with Gasteiger partial charge in [0.2, 0.25) is 0 Å². The number of H-pyrrole nitrogens is 1. The number of hydrogen-bond donors (Lipinski definition) is 2. The third-order valence-electron chi connectivity index (χ3n) is 2.78. The van der Waals surface area contributed by atoms with Crippen LogP contribution in [-0.4, -0.2) is 26.3 Å². The van der Waals surface area contributed by atoms with Gasteiger partial charge in [-0.1, -0.05) is 18.2 Å². The lowest BCUT2D eigenvalue weighted by Crippen LogP contribution is -2.01. The Kier molecular flexibility index (Phi) is 2.30. The maximum atomic E-state index is 11.1. The maximum Gasteiger partial charge on any atom is 0.338 e. The molecule has 0 aliphatic rings. The van der Waals surface area contributed by atoms with Crippen LogP contribution >= 0.6 is 0 Å². The molecule has 0 saturated carbocycles. The highest BCUT2D eigenvalue weighted by molar-refractivity contribution is 5.96. The topological polar surface area (TPSA) is 78.9 Å². The molecule has 0 saturated heterocycles. The van der Waals surface area contributed by atoms with Crippen molar-refractivity contribution < 1.29 is 9.90 Å². The molecular weight excluding hydrogens is 230 g/mol. The molecule has 88 valence electrons. The molecule has 3 aromatic rings. The van der Waals surface area contributed by atoms with Crippen molar-refractivity contribution in [2.24, 2.45) is 0 Å². The molecule has 0 aliphatic heterocycles. The normalized spacial score (nSPS) is 10.7. The number of benzene rings is 1. The van der Waals surface area contributed by atoms with Crippen molar-refractivity contribution in [3.8, 4) is 11.3 Å². The van der Waals surface area contributed by atoms with E-state index in [0.717, 1.165) is 16.6 Å². The van der Waals surface area contributed by atoms with E-state index < -0.39 is 5.97 Å². The largest absolute Gasteiger partial charge is 0.478 e. The molecule has 5 nitrogen and oxygen atoms in total. The van der Waals surface area contributed by atoms with Gasteiger partial charge < -0.3 is 10.1 Å². The fourth-order valence-electron chi connectivity index (χ4n) is 1.92. The van der Waals surface area contributed by atoms with Crippen LogP contribution in [0.5, 0.6) is 0 Å². The van der Waals surface area contributed by atoms with Crippen LogP contribution < -0.4 is 0 Å². The summed E-state index contributed by atoms with van der Waals surface area (Å²) >= 11 is 0. The second-order valence-corrected chi connectivity index (χ2v) is 3.89.